The Balaban J connectivity index is 2.46. The number of aryl methyl sites for hydroxylation is 1. The summed E-state index contributed by atoms with van der Waals surface area (Å²) in [6, 6.07) is 5.54. The normalized spacial score (nSPS) is 16.8. The van der Waals surface area contributed by atoms with Crippen molar-refractivity contribution in [2.24, 2.45) is 0 Å². The number of nitrogens with zero attached hydrogens (tertiary/aromatic N) is 2. The average molecular weight is 297 g/mol. The summed E-state index contributed by atoms with van der Waals surface area (Å²) in [5.74, 6) is 0.0475. The van der Waals surface area contributed by atoms with E-state index in [4.69, 9.17) is 23.8 Å². The van der Waals surface area contributed by atoms with Crippen molar-refractivity contribution in [3.8, 4) is 0 Å². The SMILES string of the molecule is CCN1CCCC(=O)N(c2cc(Cl)ccc2C)C1=S. The number of hydrogen-bond donors (Lipinski definition) is 0. The van der Waals surface area contributed by atoms with Gasteiger partial charge in [0.2, 0.25) is 5.91 Å². The Bertz CT molecular complexity index is 518. The first-order chi connectivity index (χ1) is 9.04. The van der Waals surface area contributed by atoms with Crippen LogP contribution in [0.1, 0.15) is 25.3 Å². The summed E-state index contributed by atoms with van der Waals surface area (Å²) in [7, 11) is 0. The third-order valence-electron chi connectivity index (χ3n) is 3.32. The van der Waals surface area contributed by atoms with E-state index < -0.39 is 0 Å². The van der Waals surface area contributed by atoms with E-state index >= 15 is 0 Å². The molecule has 0 N–H and O–H groups in total. The lowest BCUT2D eigenvalue weighted by molar-refractivity contribution is -0.117. The van der Waals surface area contributed by atoms with Crippen LogP contribution in [0.3, 0.4) is 0 Å². The predicted molar refractivity (Wildman–Crippen MR) is 82.8 cm³/mol. The highest BCUT2D eigenvalue weighted by Gasteiger charge is 2.28. The minimum atomic E-state index is 0.0475. The van der Waals surface area contributed by atoms with Crippen molar-refractivity contribution in [1.29, 1.82) is 0 Å². The van der Waals surface area contributed by atoms with Gasteiger partial charge in [-0.3, -0.25) is 9.69 Å². The molecule has 0 saturated carbocycles. The monoisotopic (exact) mass is 296 g/mol. The molecular weight excluding hydrogens is 280 g/mol. The van der Waals surface area contributed by atoms with Gasteiger partial charge in [0.15, 0.2) is 5.11 Å². The second kappa shape index (κ2) is 5.88. The van der Waals surface area contributed by atoms with Crippen molar-refractivity contribution < 1.29 is 4.79 Å². The van der Waals surface area contributed by atoms with Crippen molar-refractivity contribution in [2.45, 2.75) is 26.7 Å². The molecule has 1 heterocycles. The first-order valence-electron chi connectivity index (χ1n) is 6.42. The van der Waals surface area contributed by atoms with E-state index in [9.17, 15) is 4.79 Å². The van der Waals surface area contributed by atoms with Gasteiger partial charge in [0.1, 0.15) is 0 Å². The van der Waals surface area contributed by atoms with E-state index in [1.165, 1.54) is 0 Å². The Morgan fingerprint density at radius 3 is 2.84 bits per heavy atom. The van der Waals surface area contributed by atoms with E-state index in [1.807, 2.05) is 26.0 Å². The van der Waals surface area contributed by atoms with Gasteiger partial charge in [-0.1, -0.05) is 17.7 Å². The van der Waals surface area contributed by atoms with Gasteiger partial charge < -0.3 is 4.90 Å². The van der Waals surface area contributed by atoms with Crippen molar-refractivity contribution in [2.75, 3.05) is 18.0 Å². The first kappa shape index (κ1) is 14.3. The minimum absolute atomic E-state index is 0.0475. The summed E-state index contributed by atoms with van der Waals surface area (Å²) in [6.07, 6.45) is 1.35. The third kappa shape index (κ3) is 2.90. The molecule has 1 amide bonds. The maximum atomic E-state index is 12.3. The number of hydrogen-bond acceptors (Lipinski definition) is 2. The molecule has 1 aromatic rings. The Morgan fingerprint density at radius 2 is 2.16 bits per heavy atom. The molecule has 0 bridgehead atoms. The maximum Gasteiger partial charge on any atom is 0.233 e. The summed E-state index contributed by atoms with van der Waals surface area (Å²) in [5.41, 5.74) is 1.79. The van der Waals surface area contributed by atoms with Gasteiger partial charge in [-0.15, -0.1) is 0 Å². The van der Waals surface area contributed by atoms with Gasteiger partial charge >= 0.3 is 0 Å². The predicted octanol–water partition coefficient (Wildman–Crippen LogP) is 3.38. The Labute approximate surface area is 124 Å². The van der Waals surface area contributed by atoms with E-state index in [0.29, 0.717) is 16.6 Å². The summed E-state index contributed by atoms with van der Waals surface area (Å²) in [4.78, 5) is 16.0. The zero-order valence-corrected chi connectivity index (χ0v) is 12.7. The van der Waals surface area contributed by atoms with Gasteiger partial charge in [0.25, 0.3) is 0 Å². The van der Waals surface area contributed by atoms with Gasteiger partial charge in [-0.25, -0.2) is 0 Å². The molecule has 0 spiro atoms. The van der Waals surface area contributed by atoms with Crippen LogP contribution in [0.5, 0.6) is 0 Å². The lowest BCUT2D eigenvalue weighted by Gasteiger charge is -2.29. The number of thiocarbonyl (C=S) groups is 1. The number of amides is 1. The quantitative estimate of drug-likeness (QED) is 0.782. The molecule has 0 atom stereocenters. The largest absolute Gasteiger partial charge is 0.349 e. The lowest BCUT2D eigenvalue weighted by Crippen LogP contribution is -2.44. The van der Waals surface area contributed by atoms with Crippen LogP contribution < -0.4 is 4.90 Å². The molecule has 1 saturated heterocycles. The van der Waals surface area contributed by atoms with Gasteiger partial charge in [-0.2, -0.15) is 0 Å². The lowest BCUT2D eigenvalue weighted by atomic mass is 10.1. The molecule has 5 heteroatoms. The number of carbonyl (C=O) groups is 1. The maximum absolute atomic E-state index is 12.3. The standard InChI is InChI=1S/C14H17ClN2OS/c1-3-16-8-4-5-13(18)17(14(16)19)12-9-11(15)7-6-10(12)2/h6-7,9H,3-5,8H2,1-2H3. The molecule has 1 aliphatic rings. The molecule has 19 heavy (non-hydrogen) atoms. The minimum Gasteiger partial charge on any atom is -0.349 e. The number of rotatable bonds is 2. The molecule has 0 radical (unpaired) electrons. The molecule has 3 nitrogen and oxygen atoms in total. The van der Waals surface area contributed by atoms with Crippen LogP contribution >= 0.6 is 23.8 Å². The number of benzene rings is 1. The molecular formula is C14H17ClN2OS. The van der Waals surface area contributed by atoms with Gasteiger partial charge in [0.05, 0.1) is 5.69 Å². The van der Waals surface area contributed by atoms with Crippen LogP contribution in [0.2, 0.25) is 5.02 Å². The summed E-state index contributed by atoms with van der Waals surface area (Å²) in [6.45, 7) is 5.65. The fraction of sp³-hybridized carbons (Fsp3) is 0.429. The first-order valence-corrected chi connectivity index (χ1v) is 7.21. The Hall–Kier alpha value is -1.13. The highest BCUT2D eigenvalue weighted by molar-refractivity contribution is 7.80. The fourth-order valence-corrected chi connectivity index (χ4v) is 2.82. The summed E-state index contributed by atoms with van der Waals surface area (Å²) in [5, 5.41) is 1.19. The number of halogens is 1. The molecule has 1 fully saturated rings. The molecule has 102 valence electrons. The van der Waals surface area contributed by atoms with E-state index in [0.717, 1.165) is 30.8 Å². The molecule has 0 unspecified atom stereocenters. The fourth-order valence-electron chi connectivity index (χ4n) is 2.23. The Kier molecular flexibility index (Phi) is 4.42. The van der Waals surface area contributed by atoms with Crippen LogP contribution in [0.15, 0.2) is 18.2 Å². The van der Waals surface area contributed by atoms with E-state index in [1.54, 1.807) is 11.0 Å². The van der Waals surface area contributed by atoms with Crippen LogP contribution in [-0.4, -0.2) is 29.0 Å². The highest BCUT2D eigenvalue weighted by Crippen LogP contribution is 2.27. The molecule has 1 aromatic carbocycles. The van der Waals surface area contributed by atoms with Crippen molar-refractivity contribution in [3.63, 3.8) is 0 Å². The summed E-state index contributed by atoms with van der Waals surface area (Å²) < 4.78 is 0. The van der Waals surface area contributed by atoms with E-state index in [-0.39, 0.29) is 5.91 Å². The van der Waals surface area contributed by atoms with Gasteiger partial charge in [-0.05, 0) is 50.2 Å². The molecule has 1 aliphatic heterocycles. The topological polar surface area (TPSA) is 23.6 Å². The second-order valence-corrected chi connectivity index (χ2v) is 5.43. The van der Waals surface area contributed by atoms with Crippen LogP contribution in [0.4, 0.5) is 5.69 Å². The second-order valence-electron chi connectivity index (χ2n) is 4.63. The van der Waals surface area contributed by atoms with Gasteiger partial charge in [0, 0.05) is 24.5 Å². The average Bonchev–Trinajstić information content (AvgIpc) is 2.51. The zero-order valence-electron chi connectivity index (χ0n) is 11.1. The number of carbonyl (C=O) groups excluding carboxylic acids is 1. The van der Waals surface area contributed by atoms with Crippen LogP contribution in [0, 0.1) is 6.92 Å². The summed E-state index contributed by atoms with van der Waals surface area (Å²) >= 11 is 11.5. The van der Waals surface area contributed by atoms with Crippen molar-refractivity contribution in [1.82, 2.24) is 4.90 Å². The van der Waals surface area contributed by atoms with Crippen LogP contribution in [-0.2, 0) is 4.79 Å². The smallest absolute Gasteiger partial charge is 0.233 e. The molecule has 0 aliphatic carbocycles. The molecule has 0 aromatic heterocycles. The zero-order chi connectivity index (χ0) is 14.0. The van der Waals surface area contributed by atoms with Crippen molar-refractivity contribution >= 4 is 40.5 Å². The molecule has 2 rings (SSSR count). The number of anilines is 1. The van der Waals surface area contributed by atoms with E-state index in [2.05, 4.69) is 4.90 Å². The van der Waals surface area contributed by atoms with Crippen LogP contribution in [0.25, 0.3) is 0 Å². The highest BCUT2D eigenvalue weighted by atomic mass is 35.5. The third-order valence-corrected chi connectivity index (χ3v) is 4.00. The van der Waals surface area contributed by atoms with Crippen molar-refractivity contribution in [3.05, 3.63) is 28.8 Å². The Morgan fingerprint density at radius 1 is 1.42 bits per heavy atom.